The summed E-state index contributed by atoms with van der Waals surface area (Å²) in [6.45, 7) is 5.64. The van der Waals surface area contributed by atoms with Crippen LogP contribution in [0.2, 0.25) is 0 Å². The second-order valence-electron chi connectivity index (χ2n) is 5.86. The van der Waals surface area contributed by atoms with Gasteiger partial charge in [0.1, 0.15) is 5.58 Å². The van der Waals surface area contributed by atoms with E-state index in [1.54, 1.807) is 31.2 Å². The zero-order chi connectivity index (χ0) is 17.3. The Labute approximate surface area is 140 Å². The van der Waals surface area contributed by atoms with Gasteiger partial charge in [-0.2, -0.15) is 0 Å². The molecule has 0 saturated heterocycles. The first-order valence-corrected chi connectivity index (χ1v) is 7.94. The summed E-state index contributed by atoms with van der Waals surface area (Å²) in [5.74, 6) is 0.155. The molecule has 2 aromatic carbocycles. The summed E-state index contributed by atoms with van der Waals surface area (Å²) >= 11 is 0. The number of ketones is 1. The van der Waals surface area contributed by atoms with E-state index >= 15 is 0 Å². The van der Waals surface area contributed by atoms with Crippen LogP contribution >= 0.6 is 0 Å². The molecule has 3 rings (SSSR count). The van der Waals surface area contributed by atoms with E-state index < -0.39 is 0 Å². The Morgan fingerprint density at radius 3 is 2.42 bits per heavy atom. The molecule has 0 unspecified atom stereocenters. The van der Waals surface area contributed by atoms with E-state index in [9.17, 15) is 9.59 Å². The summed E-state index contributed by atoms with van der Waals surface area (Å²) < 4.78 is 5.77. The summed E-state index contributed by atoms with van der Waals surface area (Å²) in [6.07, 6.45) is 0.416. The molecule has 0 fully saturated rings. The lowest BCUT2D eigenvalue weighted by molar-refractivity contribution is -0.115. The van der Waals surface area contributed by atoms with Gasteiger partial charge in [-0.3, -0.25) is 9.59 Å². The minimum atomic E-state index is -0.136. The molecule has 0 radical (unpaired) electrons. The number of amides is 1. The van der Waals surface area contributed by atoms with Crippen LogP contribution in [0.1, 0.15) is 40.6 Å². The van der Waals surface area contributed by atoms with E-state index in [1.807, 2.05) is 32.0 Å². The molecule has 24 heavy (non-hydrogen) atoms. The number of anilines is 1. The highest BCUT2D eigenvalue weighted by Gasteiger charge is 2.19. The maximum absolute atomic E-state index is 12.7. The number of aryl methyl sites for hydroxylation is 2. The van der Waals surface area contributed by atoms with Gasteiger partial charge < -0.3 is 9.73 Å². The third kappa shape index (κ3) is 2.95. The number of hydrogen-bond acceptors (Lipinski definition) is 3. The molecule has 1 aromatic heterocycles. The van der Waals surface area contributed by atoms with Crippen LogP contribution in [0, 0.1) is 13.8 Å². The van der Waals surface area contributed by atoms with Crippen molar-refractivity contribution in [2.24, 2.45) is 0 Å². The number of rotatable bonds is 4. The molecule has 0 aliphatic carbocycles. The molecule has 0 atom stereocenters. The van der Waals surface area contributed by atoms with Gasteiger partial charge in [-0.05, 0) is 32.0 Å². The summed E-state index contributed by atoms with van der Waals surface area (Å²) in [7, 11) is 0. The lowest BCUT2D eigenvalue weighted by Gasteiger charge is -2.03. The van der Waals surface area contributed by atoms with E-state index in [1.165, 1.54) is 0 Å². The number of carbonyl (C=O) groups excluding carboxylic acids is 2. The van der Waals surface area contributed by atoms with Gasteiger partial charge >= 0.3 is 0 Å². The minimum absolute atomic E-state index is 0.0496. The minimum Gasteiger partial charge on any atom is -0.452 e. The van der Waals surface area contributed by atoms with E-state index in [0.29, 0.717) is 29.0 Å². The average Bonchev–Trinajstić information content (AvgIpc) is 2.91. The van der Waals surface area contributed by atoms with Crippen molar-refractivity contribution >= 4 is 28.3 Å². The number of carbonyl (C=O) groups is 2. The molecule has 0 spiro atoms. The quantitative estimate of drug-likeness (QED) is 0.713. The van der Waals surface area contributed by atoms with Crippen molar-refractivity contribution in [2.45, 2.75) is 27.2 Å². The number of furan rings is 1. The van der Waals surface area contributed by atoms with Crippen LogP contribution in [0.5, 0.6) is 0 Å². The largest absolute Gasteiger partial charge is 0.452 e. The lowest BCUT2D eigenvalue weighted by atomic mass is 10.0. The van der Waals surface area contributed by atoms with Gasteiger partial charge in [0.15, 0.2) is 5.76 Å². The molecule has 1 N–H and O–H groups in total. The molecule has 1 amide bonds. The van der Waals surface area contributed by atoms with Gasteiger partial charge in [-0.15, -0.1) is 0 Å². The van der Waals surface area contributed by atoms with Crippen LogP contribution in [0.15, 0.2) is 46.9 Å². The van der Waals surface area contributed by atoms with E-state index in [4.69, 9.17) is 4.42 Å². The van der Waals surface area contributed by atoms with Gasteiger partial charge in [0, 0.05) is 28.6 Å². The highest BCUT2D eigenvalue weighted by molar-refractivity contribution is 6.10. The standard InChI is InChI=1S/C20H19NO3/c1-4-18(22)21-15-9-10-17-16(11-15)13(3)20(24-17)19(23)14-7-5-12(2)6-8-14/h5-11H,4H2,1-3H3,(H,21,22). The van der Waals surface area contributed by atoms with E-state index in [2.05, 4.69) is 5.32 Å². The first kappa shape index (κ1) is 16.0. The lowest BCUT2D eigenvalue weighted by Crippen LogP contribution is -2.09. The molecule has 1 heterocycles. The maximum Gasteiger partial charge on any atom is 0.228 e. The molecule has 0 bridgehead atoms. The van der Waals surface area contributed by atoms with Crippen molar-refractivity contribution < 1.29 is 14.0 Å². The number of benzene rings is 2. The molecular formula is C20H19NO3. The molecular weight excluding hydrogens is 302 g/mol. The highest BCUT2D eigenvalue weighted by atomic mass is 16.3. The van der Waals surface area contributed by atoms with Gasteiger partial charge in [0.05, 0.1) is 0 Å². The van der Waals surface area contributed by atoms with E-state index in [0.717, 1.165) is 16.5 Å². The van der Waals surface area contributed by atoms with Gasteiger partial charge in [-0.1, -0.05) is 36.8 Å². The Hall–Kier alpha value is -2.88. The summed E-state index contributed by atoms with van der Waals surface area (Å²) in [5.41, 5.74) is 3.82. The predicted octanol–water partition coefficient (Wildman–Crippen LogP) is 4.63. The highest BCUT2D eigenvalue weighted by Crippen LogP contribution is 2.29. The smallest absolute Gasteiger partial charge is 0.228 e. The van der Waals surface area contributed by atoms with Crippen molar-refractivity contribution in [1.29, 1.82) is 0 Å². The molecule has 4 nitrogen and oxygen atoms in total. The maximum atomic E-state index is 12.7. The Morgan fingerprint density at radius 1 is 1.04 bits per heavy atom. The van der Waals surface area contributed by atoms with Crippen LogP contribution in [-0.2, 0) is 4.79 Å². The third-order valence-corrected chi connectivity index (χ3v) is 4.06. The normalized spacial score (nSPS) is 10.8. The molecule has 3 aromatic rings. The SMILES string of the molecule is CCC(=O)Nc1ccc2oc(C(=O)c3ccc(C)cc3)c(C)c2c1. The van der Waals surface area contributed by atoms with Gasteiger partial charge in [0.25, 0.3) is 0 Å². The number of hydrogen-bond donors (Lipinski definition) is 1. The van der Waals surface area contributed by atoms with Gasteiger partial charge in [-0.25, -0.2) is 0 Å². The van der Waals surface area contributed by atoms with Crippen LogP contribution in [0.3, 0.4) is 0 Å². The average molecular weight is 321 g/mol. The van der Waals surface area contributed by atoms with Crippen molar-refractivity contribution in [1.82, 2.24) is 0 Å². The Kier molecular flexibility index (Phi) is 4.21. The molecule has 0 aliphatic rings. The summed E-state index contributed by atoms with van der Waals surface area (Å²) in [4.78, 5) is 24.2. The van der Waals surface area contributed by atoms with Crippen LogP contribution in [0.25, 0.3) is 11.0 Å². The van der Waals surface area contributed by atoms with Gasteiger partial charge in [0.2, 0.25) is 11.7 Å². The Morgan fingerprint density at radius 2 is 1.75 bits per heavy atom. The van der Waals surface area contributed by atoms with Crippen LogP contribution in [0.4, 0.5) is 5.69 Å². The van der Waals surface area contributed by atoms with Crippen LogP contribution in [-0.4, -0.2) is 11.7 Å². The second-order valence-corrected chi connectivity index (χ2v) is 5.86. The molecule has 122 valence electrons. The van der Waals surface area contributed by atoms with Crippen molar-refractivity contribution in [3.8, 4) is 0 Å². The fourth-order valence-corrected chi connectivity index (χ4v) is 2.60. The van der Waals surface area contributed by atoms with Crippen molar-refractivity contribution in [3.05, 3.63) is 64.9 Å². The van der Waals surface area contributed by atoms with Crippen LogP contribution < -0.4 is 5.32 Å². The van der Waals surface area contributed by atoms with Crippen molar-refractivity contribution in [3.63, 3.8) is 0 Å². The summed E-state index contributed by atoms with van der Waals surface area (Å²) in [5, 5.41) is 3.65. The number of nitrogens with one attached hydrogen (secondary N) is 1. The first-order valence-electron chi connectivity index (χ1n) is 7.94. The summed E-state index contributed by atoms with van der Waals surface area (Å²) in [6, 6.07) is 12.8. The zero-order valence-corrected chi connectivity index (χ0v) is 14.0. The predicted molar refractivity (Wildman–Crippen MR) is 94.5 cm³/mol. The molecule has 4 heteroatoms. The number of fused-ring (bicyclic) bond motifs is 1. The fourth-order valence-electron chi connectivity index (χ4n) is 2.60. The third-order valence-electron chi connectivity index (χ3n) is 4.06. The molecule has 0 saturated carbocycles. The first-order chi connectivity index (χ1) is 11.5. The Balaban J connectivity index is 2.00. The Bertz CT molecular complexity index is 920. The monoisotopic (exact) mass is 321 g/mol. The van der Waals surface area contributed by atoms with E-state index in [-0.39, 0.29) is 11.7 Å². The topological polar surface area (TPSA) is 59.3 Å². The molecule has 0 aliphatic heterocycles. The van der Waals surface area contributed by atoms with Crippen molar-refractivity contribution in [2.75, 3.05) is 5.32 Å². The zero-order valence-electron chi connectivity index (χ0n) is 14.0. The second kappa shape index (κ2) is 6.32. The fraction of sp³-hybridized carbons (Fsp3) is 0.200.